The maximum absolute atomic E-state index is 12.2. The summed E-state index contributed by atoms with van der Waals surface area (Å²) in [6.45, 7) is 3.56. The number of allylic oxidation sites excluding steroid dienone is 2. The number of methoxy groups -OCH3 is 1. The normalized spacial score (nSPS) is 26.2. The Hall–Kier alpha value is -3.19. The van der Waals surface area contributed by atoms with Crippen molar-refractivity contribution in [2.45, 2.75) is 70.4 Å². The summed E-state index contributed by atoms with van der Waals surface area (Å²) in [5, 5.41) is 49.1. The van der Waals surface area contributed by atoms with Gasteiger partial charge in [0.25, 0.3) is 0 Å². The molecule has 3 rings (SSSR count). The number of carbonyl (C=O) groups is 3. The number of ether oxygens (including phenoxy) is 4. The van der Waals surface area contributed by atoms with E-state index in [2.05, 4.69) is 0 Å². The van der Waals surface area contributed by atoms with Crippen LogP contribution >= 0.6 is 0 Å². The molecule has 35 heavy (non-hydrogen) atoms. The minimum atomic E-state index is -1.89. The van der Waals surface area contributed by atoms with E-state index in [1.165, 1.54) is 7.11 Å². The lowest BCUT2D eigenvalue weighted by Gasteiger charge is -2.37. The summed E-state index contributed by atoms with van der Waals surface area (Å²) >= 11 is 0. The molecule has 0 bridgehead atoms. The summed E-state index contributed by atoms with van der Waals surface area (Å²) in [6, 6.07) is 0. The van der Waals surface area contributed by atoms with Gasteiger partial charge in [0.15, 0.2) is 6.10 Å². The predicted molar refractivity (Wildman–Crippen MR) is 116 cm³/mol. The van der Waals surface area contributed by atoms with Crippen molar-refractivity contribution in [3.05, 3.63) is 33.9 Å². The van der Waals surface area contributed by atoms with Crippen LogP contribution in [0.5, 0.6) is 11.5 Å². The number of hydrogen-bond donors (Lipinski definition) is 5. The first kappa shape index (κ1) is 26.4. The Balaban J connectivity index is 1.63. The highest BCUT2D eigenvalue weighted by Crippen LogP contribution is 2.42. The lowest BCUT2D eigenvalue weighted by Crippen LogP contribution is -2.60. The highest BCUT2D eigenvalue weighted by Gasteiger charge is 2.48. The molecule has 12 nitrogen and oxygen atoms in total. The average molecular weight is 496 g/mol. The zero-order valence-electron chi connectivity index (χ0n) is 19.4. The number of aliphatic hydroxyl groups excluding tert-OH is 3. The highest BCUT2D eigenvalue weighted by atomic mass is 16.7. The van der Waals surface area contributed by atoms with E-state index in [0.717, 1.165) is 5.57 Å². The summed E-state index contributed by atoms with van der Waals surface area (Å²) in [6.07, 6.45) is -7.23. The fourth-order valence-electron chi connectivity index (χ4n) is 4.04. The second kappa shape index (κ2) is 10.6. The number of carbonyl (C=O) groups excluding carboxylic acids is 2. The van der Waals surface area contributed by atoms with Crippen molar-refractivity contribution in [3.8, 4) is 11.5 Å². The number of hydrogen-bond acceptors (Lipinski definition) is 11. The second-order valence-corrected chi connectivity index (χ2v) is 8.39. The van der Waals surface area contributed by atoms with Crippen molar-refractivity contribution >= 4 is 17.9 Å². The zero-order valence-corrected chi connectivity index (χ0v) is 19.4. The van der Waals surface area contributed by atoms with E-state index in [-0.39, 0.29) is 37.2 Å². The van der Waals surface area contributed by atoms with Gasteiger partial charge in [-0.05, 0) is 32.3 Å². The lowest BCUT2D eigenvalue weighted by atomic mass is 9.94. The fraction of sp³-hybridized carbons (Fsp3) is 0.522. The van der Waals surface area contributed by atoms with Crippen LogP contribution in [0.4, 0.5) is 0 Å². The van der Waals surface area contributed by atoms with Gasteiger partial charge in [-0.25, -0.2) is 9.59 Å². The van der Waals surface area contributed by atoms with Crippen LogP contribution in [0, 0.1) is 6.92 Å². The number of aliphatic carboxylic acids is 1. The molecular weight excluding hydrogens is 468 g/mol. The number of carboxylic acids is 1. The molecule has 5 atom stereocenters. The van der Waals surface area contributed by atoms with Gasteiger partial charge in [0, 0.05) is 17.5 Å². The fourth-order valence-corrected chi connectivity index (χ4v) is 4.04. The van der Waals surface area contributed by atoms with Crippen LogP contribution in [-0.2, 0) is 36.8 Å². The quantitative estimate of drug-likeness (QED) is 0.241. The van der Waals surface area contributed by atoms with Crippen molar-refractivity contribution < 1.29 is 58.9 Å². The van der Waals surface area contributed by atoms with Gasteiger partial charge in [0.2, 0.25) is 6.29 Å². The minimum Gasteiger partial charge on any atom is -0.507 e. The molecular formula is C23H28O12. The summed E-state index contributed by atoms with van der Waals surface area (Å²) in [5.74, 6) is -2.81. The summed E-state index contributed by atoms with van der Waals surface area (Å²) < 4.78 is 20.3. The Kier molecular flexibility index (Phi) is 8.00. The second-order valence-electron chi connectivity index (χ2n) is 8.39. The molecule has 5 unspecified atom stereocenters. The molecule has 1 fully saturated rings. The third kappa shape index (κ3) is 5.25. The molecule has 12 heteroatoms. The van der Waals surface area contributed by atoms with Crippen LogP contribution in [0.1, 0.15) is 46.8 Å². The van der Waals surface area contributed by atoms with Crippen molar-refractivity contribution in [1.29, 1.82) is 0 Å². The van der Waals surface area contributed by atoms with Gasteiger partial charge in [-0.15, -0.1) is 0 Å². The topological polar surface area (TPSA) is 189 Å². The lowest BCUT2D eigenvalue weighted by molar-refractivity contribution is -0.286. The van der Waals surface area contributed by atoms with Crippen LogP contribution < -0.4 is 4.74 Å². The molecule has 2 aliphatic rings. The number of fused-ring (bicyclic) bond motifs is 1. The summed E-state index contributed by atoms with van der Waals surface area (Å²) in [7, 11) is 1.45. The first-order valence-electron chi connectivity index (χ1n) is 10.8. The van der Waals surface area contributed by atoms with Gasteiger partial charge in [0.1, 0.15) is 42.0 Å². The number of aliphatic hydroxyl groups is 3. The number of phenols is 1. The van der Waals surface area contributed by atoms with Crippen LogP contribution in [0.25, 0.3) is 0 Å². The Labute approximate surface area is 200 Å². The van der Waals surface area contributed by atoms with E-state index >= 15 is 0 Å². The minimum absolute atomic E-state index is 0.0593. The van der Waals surface area contributed by atoms with Crippen LogP contribution in [0.2, 0.25) is 0 Å². The molecule has 0 aliphatic carbocycles. The van der Waals surface area contributed by atoms with E-state index < -0.39 is 48.6 Å². The molecule has 0 spiro atoms. The Morgan fingerprint density at radius 2 is 1.83 bits per heavy atom. The van der Waals surface area contributed by atoms with Gasteiger partial charge < -0.3 is 44.5 Å². The van der Waals surface area contributed by atoms with Crippen molar-refractivity contribution in [3.63, 3.8) is 0 Å². The van der Waals surface area contributed by atoms with Gasteiger partial charge >= 0.3 is 17.9 Å². The number of benzene rings is 1. The Morgan fingerprint density at radius 1 is 1.14 bits per heavy atom. The molecule has 1 aromatic carbocycles. The maximum Gasteiger partial charge on any atom is 0.342 e. The Bertz CT molecular complexity index is 1050. The molecule has 1 aromatic rings. The summed E-state index contributed by atoms with van der Waals surface area (Å²) in [5.41, 5.74) is 2.51. The van der Waals surface area contributed by atoms with Gasteiger partial charge in [-0.2, -0.15) is 0 Å². The van der Waals surface area contributed by atoms with E-state index in [4.69, 9.17) is 24.1 Å². The molecule has 0 amide bonds. The van der Waals surface area contributed by atoms with E-state index in [9.17, 15) is 34.8 Å². The molecule has 5 N–H and O–H groups in total. The van der Waals surface area contributed by atoms with Crippen LogP contribution in [-0.4, -0.2) is 81.3 Å². The van der Waals surface area contributed by atoms with Crippen molar-refractivity contribution in [1.82, 2.24) is 0 Å². The van der Waals surface area contributed by atoms with E-state index in [1.54, 1.807) is 19.9 Å². The number of rotatable bonds is 8. The number of esters is 2. The first-order valence-corrected chi connectivity index (χ1v) is 10.8. The molecule has 2 aliphatic heterocycles. The number of carboxylic acid groups (broad SMARTS) is 1. The number of phenolic OH excluding ortho intramolecular Hbond substituents is 1. The largest absolute Gasteiger partial charge is 0.507 e. The van der Waals surface area contributed by atoms with Gasteiger partial charge in [0.05, 0.1) is 7.11 Å². The molecule has 2 heterocycles. The average Bonchev–Trinajstić information content (AvgIpc) is 3.21. The van der Waals surface area contributed by atoms with Crippen LogP contribution in [0.15, 0.2) is 11.6 Å². The standard InChI is InChI=1S/C23H28O12/c1-9(4-6-11-15(25)14-12(8-33-22(14)31)10(2)19(11)32-3)5-7-13(24)34-23-18(28)16(26)17(27)20(35-23)21(29)30/h4,16-18,20,23,25-28H,5-8H2,1-3H3,(H,29,30)/b9-4+. The summed E-state index contributed by atoms with van der Waals surface area (Å²) in [4.78, 5) is 35.4. The van der Waals surface area contributed by atoms with Gasteiger partial charge in [-0.3, -0.25) is 4.79 Å². The molecule has 1 saturated heterocycles. The molecule has 0 radical (unpaired) electrons. The van der Waals surface area contributed by atoms with E-state index in [1.807, 2.05) is 0 Å². The molecule has 0 aromatic heterocycles. The highest BCUT2D eigenvalue weighted by molar-refractivity contribution is 5.98. The number of aromatic hydroxyl groups is 1. The van der Waals surface area contributed by atoms with Crippen LogP contribution in [0.3, 0.4) is 0 Å². The third-order valence-corrected chi connectivity index (χ3v) is 6.09. The Morgan fingerprint density at radius 3 is 2.46 bits per heavy atom. The maximum atomic E-state index is 12.2. The predicted octanol–water partition coefficient (Wildman–Crippen LogP) is 0.0840. The smallest absolute Gasteiger partial charge is 0.342 e. The first-order chi connectivity index (χ1) is 16.5. The van der Waals surface area contributed by atoms with Gasteiger partial charge in [-0.1, -0.05) is 11.6 Å². The molecule has 0 saturated carbocycles. The third-order valence-electron chi connectivity index (χ3n) is 6.09. The van der Waals surface area contributed by atoms with Crippen molar-refractivity contribution in [2.24, 2.45) is 0 Å². The number of cyclic esters (lactones) is 1. The zero-order chi connectivity index (χ0) is 26.0. The SMILES string of the molecule is COc1c(C)c2c(c(O)c1C/C=C(\C)CCC(=O)OC1OC(C(=O)O)C(O)C(O)C1O)C(=O)OC2. The van der Waals surface area contributed by atoms with Crippen molar-refractivity contribution in [2.75, 3.05) is 7.11 Å². The monoisotopic (exact) mass is 496 g/mol. The van der Waals surface area contributed by atoms with E-state index in [0.29, 0.717) is 22.4 Å². The molecule has 192 valence electrons.